The van der Waals surface area contributed by atoms with Crippen LogP contribution in [-0.4, -0.2) is 180 Å². The number of benzene rings is 2. The number of rotatable bonds is 42. The number of ether oxygens (including phenoxy) is 13. The average Bonchev–Trinajstić information content (AvgIpc) is 3.27. The molecule has 0 bridgehead atoms. The molecule has 0 aliphatic rings. The van der Waals surface area contributed by atoms with Crippen LogP contribution in [0.4, 0.5) is 22.0 Å². The fourth-order valence-corrected chi connectivity index (χ4v) is 5.29. The van der Waals surface area contributed by atoms with Gasteiger partial charge in [0, 0.05) is 0 Å². The molecule has 0 atom stereocenters. The molecule has 2 rings (SSSR count). The number of carbonyl (C=O) groups excluding carboxylic acids is 1. The van der Waals surface area contributed by atoms with Gasteiger partial charge in [-0.05, 0) is 12.1 Å². The van der Waals surface area contributed by atoms with Gasteiger partial charge in [0.15, 0.2) is 0 Å². The second-order valence-electron chi connectivity index (χ2n) is 12.1. The van der Waals surface area contributed by atoms with Gasteiger partial charge in [-0.15, -0.1) is 0 Å². The van der Waals surface area contributed by atoms with Gasteiger partial charge in [-0.2, -0.15) is 17.2 Å². The minimum Gasteiger partial charge on any atom is -0.420 e. The van der Waals surface area contributed by atoms with Crippen molar-refractivity contribution in [3.63, 3.8) is 0 Å². The molecule has 0 radical (unpaired) electrons. The Kier molecular flexibility index (Phi) is 32.3. The maximum absolute atomic E-state index is 13.6. The normalized spacial score (nSPS) is 11.8. The highest BCUT2D eigenvalue weighted by atomic mass is 32.2. The molecule has 0 aromatic heterocycles. The Morgan fingerprint density at radius 2 is 0.629 bits per heavy atom. The summed E-state index contributed by atoms with van der Waals surface area (Å²) < 4.78 is 164. The van der Waals surface area contributed by atoms with Gasteiger partial charge in [0.2, 0.25) is 34.8 Å². The van der Waals surface area contributed by atoms with Crippen LogP contribution < -0.4 is 4.74 Å². The second-order valence-corrected chi connectivity index (χ2v) is 13.7. The maximum atomic E-state index is 13.6. The van der Waals surface area contributed by atoms with Crippen molar-refractivity contribution in [3.8, 4) is 5.75 Å². The third-order valence-corrected chi connectivity index (χ3v) is 8.75. The molecule has 23 heteroatoms. The molecular weight excluding hydrogens is 867 g/mol. The molecule has 0 amide bonds. The second kappa shape index (κ2) is 36.3. The van der Waals surface area contributed by atoms with E-state index in [0.717, 1.165) is 0 Å². The minimum absolute atomic E-state index is 0.0697. The highest BCUT2D eigenvalue weighted by Gasteiger charge is 2.28. The smallest absolute Gasteiger partial charge is 0.313 e. The lowest BCUT2D eigenvalue weighted by Gasteiger charge is -2.09. The highest BCUT2D eigenvalue weighted by molar-refractivity contribution is 7.86. The third-order valence-electron chi connectivity index (χ3n) is 7.43. The molecule has 356 valence electrons. The van der Waals surface area contributed by atoms with Crippen molar-refractivity contribution >= 4 is 16.1 Å². The molecule has 62 heavy (non-hydrogen) atoms. The predicted octanol–water partition coefficient (Wildman–Crippen LogP) is 3.28. The Morgan fingerprint density at radius 1 is 0.371 bits per heavy atom. The van der Waals surface area contributed by atoms with E-state index in [9.17, 15) is 35.2 Å². The van der Waals surface area contributed by atoms with E-state index in [4.69, 9.17) is 61.0 Å². The summed E-state index contributed by atoms with van der Waals surface area (Å²) in [5.41, 5.74) is 0. The van der Waals surface area contributed by atoms with Crippen molar-refractivity contribution in [2.75, 3.05) is 165 Å². The molecule has 0 heterocycles. The van der Waals surface area contributed by atoms with E-state index < -0.39 is 57.3 Å². The van der Waals surface area contributed by atoms with E-state index in [2.05, 4.69) is 4.74 Å². The van der Waals surface area contributed by atoms with E-state index >= 15 is 0 Å². The number of carbonyl (C=O) groups is 1. The van der Waals surface area contributed by atoms with Crippen LogP contribution in [0, 0.1) is 29.1 Å². The van der Waals surface area contributed by atoms with E-state index in [0.29, 0.717) is 126 Å². The van der Waals surface area contributed by atoms with Gasteiger partial charge in [-0.3, -0.25) is 8.98 Å². The first-order chi connectivity index (χ1) is 30.1. The van der Waals surface area contributed by atoms with Crippen molar-refractivity contribution in [3.05, 3.63) is 59.4 Å². The Bertz CT molecular complexity index is 1520. The summed E-state index contributed by atoms with van der Waals surface area (Å²) in [5, 5.41) is 0. The summed E-state index contributed by atoms with van der Waals surface area (Å²) in [6.07, 6.45) is -0.496. The zero-order valence-corrected chi connectivity index (χ0v) is 35.3. The molecule has 0 saturated carbocycles. The van der Waals surface area contributed by atoms with Crippen molar-refractivity contribution < 1.29 is 101 Å². The lowest BCUT2D eigenvalue weighted by Crippen LogP contribution is -2.16. The first-order valence-corrected chi connectivity index (χ1v) is 21.2. The number of hydrogen-bond donors (Lipinski definition) is 0. The quantitative estimate of drug-likeness (QED) is 0.0180. The van der Waals surface area contributed by atoms with Crippen LogP contribution in [0.2, 0.25) is 0 Å². The Labute approximate surface area is 358 Å². The summed E-state index contributed by atoms with van der Waals surface area (Å²) in [4.78, 5) is 11.8. The monoisotopic (exact) mass is 924 g/mol. The average molecular weight is 925 g/mol. The summed E-state index contributed by atoms with van der Waals surface area (Å²) >= 11 is 0. The summed E-state index contributed by atoms with van der Waals surface area (Å²) in [6.45, 7) is 7.76. The van der Waals surface area contributed by atoms with Gasteiger partial charge >= 0.3 is 5.97 Å². The molecule has 17 nitrogen and oxygen atoms in total. The highest BCUT2D eigenvalue weighted by Crippen LogP contribution is 2.29. The molecule has 0 fully saturated rings. The molecule has 0 N–H and O–H groups in total. The largest absolute Gasteiger partial charge is 0.420 e. The van der Waals surface area contributed by atoms with Crippen LogP contribution in [0.3, 0.4) is 0 Å². The zero-order chi connectivity index (χ0) is 44.9. The first-order valence-electron chi connectivity index (χ1n) is 19.7. The standard InChI is InChI=1S/C39H57F5O17S/c40-34-35(41)37(43)39(38(44)36(34)42)61-33(45)6-7-48-8-9-49-10-11-50-12-13-51-14-15-52-16-17-53-18-19-54-20-21-55-22-23-56-24-25-57-26-27-58-28-29-59-30-31-60-62(46,47)32-4-2-1-3-5-32/h1-5H,6-31H2. The van der Waals surface area contributed by atoms with Gasteiger partial charge in [0.25, 0.3) is 10.1 Å². The lowest BCUT2D eigenvalue weighted by molar-refractivity contribution is -0.136. The van der Waals surface area contributed by atoms with E-state index in [1.54, 1.807) is 18.2 Å². The van der Waals surface area contributed by atoms with Crippen LogP contribution >= 0.6 is 0 Å². The van der Waals surface area contributed by atoms with E-state index in [-0.39, 0.29) is 44.5 Å². The van der Waals surface area contributed by atoms with Gasteiger partial charge in [-0.25, -0.2) is 13.2 Å². The van der Waals surface area contributed by atoms with Crippen LogP contribution in [0.15, 0.2) is 35.2 Å². The topological polar surface area (TPSA) is 180 Å². The minimum atomic E-state index is -3.78. The van der Waals surface area contributed by atoms with Gasteiger partial charge in [-0.1, -0.05) is 18.2 Å². The SMILES string of the molecule is O=C(CCOCCOCCOCCOCCOCCOCCOCCOCCOCCOCCOCCOCCOS(=O)(=O)c1ccccc1)Oc1c(F)c(F)c(F)c(F)c1F. The predicted molar refractivity (Wildman–Crippen MR) is 206 cm³/mol. The number of hydrogen-bond acceptors (Lipinski definition) is 17. The number of halogens is 5. The molecule has 0 saturated heterocycles. The van der Waals surface area contributed by atoms with E-state index in [1.165, 1.54) is 12.1 Å². The van der Waals surface area contributed by atoms with Gasteiger partial charge in [0.1, 0.15) is 0 Å². The Morgan fingerprint density at radius 3 is 0.935 bits per heavy atom. The van der Waals surface area contributed by atoms with Crippen LogP contribution in [0.25, 0.3) is 0 Å². The molecule has 0 unspecified atom stereocenters. The van der Waals surface area contributed by atoms with Crippen molar-refractivity contribution in [2.24, 2.45) is 0 Å². The maximum Gasteiger partial charge on any atom is 0.313 e. The Balaban J connectivity index is 1.18. The molecular formula is C39H57F5O17S. The lowest BCUT2D eigenvalue weighted by atomic mass is 10.2. The first kappa shape index (κ1) is 55.1. The van der Waals surface area contributed by atoms with Crippen molar-refractivity contribution in [2.45, 2.75) is 11.3 Å². The number of esters is 1. The summed E-state index contributed by atoms with van der Waals surface area (Å²) in [6, 6.07) is 7.90. The van der Waals surface area contributed by atoms with Gasteiger partial charge in [0.05, 0.1) is 176 Å². The molecule has 0 aliphatic carbocycles. The van der Waals surface area contributed by atoms with E-state index in [1.807, 2.05) is 0 Å². The van der Waals surface area contributed by atoms with Crippen LogP contribution in [-0.2, 0) is 75.9 Å². The molecule has 2 aromatic carbocycles. The fraction of sp³-hybridized carbons (Fsp3) is 0.667. The summed E-state index contributed by atoms with van der Waals surface area (Å²) in [5.74, 6) is -14.2. The van der Waals surface area contributed by atoms with Crippen molar-refractivity contribution in [1.29, 1.82) is 0 Å². The molecule has 0 aliphatic heterocycles. The molecule has 0 spiro atoms. The van der Waals surface area contributed by atoms with Crippen molar-refractivity contribution in [1.82, 2.24) is 0 Å². The Hall–Kier alpha value is -3.01. The fourth-order valence-electron chi connectivity index (χ4n) is 4.37. The van der Waals surface area contributed by atoms with Gasteiger partial charge < -0.3 is 61.6 Å². The van der Waals surface area contributed by atoms with Crippen LogP contribution in [0.1, 0.15) is 6.42 Å². The zero-order valence-electron chi connectivity index (χ0n) is 34.5. The molecule has 2 aromatic rings. The third kappa shape index (κ3) is 26.6. The van der Waals surface area contributed by atoms with Crippen LogP contribution in [0.5, 0.6) is 5.75 Å². The summed E-state index contributed by atoms with van der Waals surface area (Å²) in [7, 11) is -3.78.